The summed E-state index contributed by atoms with van der Waals surface area (Å²) in [6.45, 7) is 9.47. The van der Waals surface area contributed by atoms with E-state index in [2.05, 4.69) is 0 Å². The number of ether oxygens (including phenoxy) is 1. The minimum absolute atomic E-state index is 0.0461. The number of hydrogen-bond donors (Lipinski definition) is 0. The second-order valence-corrected chi connectivity index (χ2v) is 7.02. The molecule has 0 unspecified atom stereocenters. The summed E-state index contributed by atoms with van der Waals surface area (Å²) in [6.07, 6.45) is -0.878. The molecule has 2 rings (SSSR count). The molecule has 0 N–H and O–H groups in total. The quantitative estimate of drug-likeness (QED) is 0.741. The predicted molar refractivity (Wildman–Crippen MR) is 91.2 cm³/mol. The highest BCUT2D eigenvalue weighted by molar-refractivity contribution is 5.73. The number of benzene rings is 1. The van der Waals surface area contributed by atoms with Crippen molar-refractivity contribution >= 4 is 11.7 Å². The van der Waals surface area contributed by atoms with Crippen LogP contribution in [0, 0.1) is 0 Å². The van der Waals surface area contributed by atoms with Crippen molar-refractivity contribution < 1.29 is 18.3 Å². The molecule has 1 atom stereocenters. The van der Waals surface area contributed by atoms with Crippen molar-refractivity contribution in [2.75, 3.05) is 6.54 Å². The molecule has 1 heterocycles. The first-order valence-electron chi connectivity index (χ1n) is 8.22. The maximum absolute atomic E-state index is 13.3. The van der Waals surface area contributed by atoms with Gasteiger partial charge >= 0.3 is 6.09 Å². The zero-order chi connectivity index (χ0) is 18.1. The Hall–Kier alpha value is -1.91. The number of allylic oxidation sites excluding steroid dienone is 2. The van der Waals surface area contributed by atoms with Crippen molar-refractivity contribution in [2.24, 2.45) is 0 Å². The summed E-state index contributed by atoms with van der Waals surface area (Å²) in [6, 6.07) is 5.20. The molecule has 132 valence electrons. The van der Waals surface area contributed by atoms with E-state index in [9.17, 15) is 13.6 Å². The zero-order valence-electron chi connectivity index (χ0n) is 14.9. The van der Waals surface area contributed by atoms with Crippen LogP contribution in [0.1, 0.15) is 57.4 Å². The van der Waals surface area contributed by atoms with Crippen LogP contribution in [0.3, 0.4) is 0 Å². The molecule has 1 aromatic rings. The van der Waals surface area contributed by atoms with Gasteiger partial charge in [0, 0.05) is 12.1 Å². The molecule has 0 spiro atoms. The lowest BCUT2D eigenvalue weighted by Crippen LogP contribution is -2.42. The van der Waals surface area contributed by atoms with E-state index in [1.807, 2.05) is 33.8 Å². The van der Waals surface area contributed by atoms with Crippen LogP contribution in [0.15, 0.2) is 24.3 Å². The van der Waals surface area contributed by atoms with E-state index in [0.29, 0.717) is 18.5 Å². The van der Waals surface area contributed by atoms with Crippen molar-refractivity contribution in [2.45, 2.75) is 59.1 Å². The lowest BCUT2D eigenvalue weighted by Gasteiger charge is -2.37. The van der Waals surface area contributed by atoms with Crippen LogP contribution in [0.5, 0.6) is 0 Å². The first-order valence-corrected chi connectivity index (χ1v) is 8.22. The third-order valence-electron chi connectivity index (χ3n) is 4.22. The van der Waals surface area contributed by atoms with Gasteiger partial charge in [-0.2, -0.15) is 0 Å². The van der Waals surface area contributed by atoms with Crippen LogP contribution in [0.2, 0.25) is 0 Å². The van der Waals surface area contributed by atoms with Crippen LogP contribution >= 0.6 is 0 Å². The number of alkyl halides is 2. The smallest absolute Gasteiger partial charge is 0.410 e. The predicted octanol–water partition coefficient (Wildman–Crippen LogP) is 5.21. The monoisotopic (exact) mass is 337 g/mol. The number of amides is 1. The third kappa shape index (κ3) is 3.77. The summed E-state index contributed by atoms with van der Waals surface area (Å²) in [5.41, 5.74) is 1.88. The minimum atomic E-state index is -2.51. The maximum Gasteiger partial charge on any atom is 0.410 e. The first kappa shape index (κ1) is 18.4. The molecule has 0 radical (unpaired) electrons. The van der Waals surface area contributed by atoms with Gasteiger partial charge in [-0.3, -0.25) is 0 Å². The standard InChI is InChI=1S/C19H25F2NO2/c1-6-13(17(20)21)15-9-7-8-14-12(2)22(11-10-16(14)15)18(23)24-19(3,4)5/h6-9,12,17H,10-11H2,1-5H3/b13-6-/t12-/m0/s1. The SMILES string of the molecule is C/C=C(/c1cccc2c1CCN(C(=O)OC(C)(C)C)[C@H]2C)C(F)F. The van der Waals surface area contributed by atoms with Gasteiger partial charge in [0.1, 0.15) is 5.60 Å². The van der Waals surface area contributed by atoms with Crippen LogP contribution in [0.4, 0.5) is 13.6 Å². The molecule has 3 nitrogen and oxygen atoms in total. The second kappa shape index (κ2) is 6.91. The van der Waals surface area contributed by atoms with Gasteiger partial charge in [-0.25, -0.2) is 13.6 Å². The molecule has 0 fully saturated rings. The van der Waals surface area contributed by atoms with Gasteiger partial charge in [0.25, 0.3) is 6.43 Å². The van der Waals surface area contributed by atoms with E-state index >= 15 is 0 Å². The van der Waals surface area contributed by atoms with Gasteiger partial charge in [0.2, 0.25) is 0 Å². The summed E-state index contributed by atoms with van der Waals surface area (Å²) in [5.74, 6) is 0. The number of halogens is 2. The molecule has 0 bridgehead atoms. The number of hydrogen-bond acceptors (Lipinski definition) is 2. The number of fused-ring (bicyclic) bond motifs is 1. The van der Waals surface area contributed by atoms with E-state index in [1.165, 1.54) is 6.08 Å². The van der Waals surface area contributed by atoms with Gasteiger partial charge in [-0.1, -0.05) is 24.3 Å². The van der Waals surface area contributed by atoms with Crippen molar-refractivity contribution in [1.29, 1.82) is 0 Å². The average Bonchev–Trinajstić information content (AvgIpc) is 2.46. The normalized spacial score (nSPS) is 18.6. The Morgan fingerprint density at radius 3 is 2.58 bits per heavy atom. The van der Waals surface area contributed by atoms with E-state index < -0.39 is 12.0 Å². The Kier molecular flexibility index (Phi) is 5.31. The van der Waals surface area contributed by atoms with Gasteiger partial charge < -0.3 is 9.64 Å². The summed E-state index contributed by atoms with van der Waals surface area (Å²) in [5, 5.41) is 0. The number of rotatable bonds is 2. The number of carbonyl (C=O) groups excluding carboxylic acids is 1. The molecule has 0 aromatic heterocycles. The first-order chi connectivity index (χ1) is 11.2. The molecule has 0 saturated heterocycles. The van der Waals surface area contributed by atoms with E-state index in [-0.39, 0.29) is 17.7 Å². The molecule has 1 amide bonds. The summed E-state index contributed by atoms with van der Waals surface area (Å²) in [4.78, 5) is 14.1. The zero-order valence-corrected chi connectivity index (χ0v) is 14.9. The number of nitrogens with zero attached hydrogens (tertiary/aromatic N) is 1. The molecular weight excluding hydrogens is 312 g/mol. The summed E-state index contributed by atoms with van der Waals surface area (Å²) < 4.78 is 32.0. The molecule has 1 aliphatic heterocycles. The lowest BCUT2D eigenvalue weighted by atomic mass is 9.87. The largest absolute Gasteiger partial charge is 0.444 e. The summed E-state index contributed by atoms with van der Waals surface area (Å²) in [7, 11) is 0. The van der Waals surface area contributed by atoms with Crippen molar-refractivity contribution in [3.8, 4) is 0 Å². The van der Waals surface area contributed by atoms with Gasteiger partial charge in [0.15, 0.2) is 0 Å². The number of carbonyl (C=O) groups is 1. The second-order valence-electron chi connectivity index (χ2n) is 7.02. The Bertz CT molecular complexity index is 647. The fraction of sp³-hybridized carbons (Fsp3) is 0.526. The highest BCUT2D eigenvalue weighted by atomic mass is 19.3. The van der Waals surface area contributed by atoms with Crippen molar-refractivity contribution in [3.63, 3.8) is 0 Å². The van der Waals surface area contributed by atoms with E-state index in [1.54, 1.807) is 24.0 Å². The van der Waals surface area contributed by atoms with Crippen LogP contribution < -0.4 is 0 Å². The Labute approximate surface area is 142 Å². The molecular formula is C19H25F2NO2. The molecule has 0 saturated carbocycles. The average molecular weight is 337 g/mol. The van der Waals surface area contributed by atoms with Crippen LogP contribution in [-0.4, -0.2) is 29.6 Å². The van der Waals surface area contributed by atoms with Crippen molar-refractivity contribution in [1.82, 2.24) is 4.90 Å². The van der Waals surface area contributed by atoms with Gasteiger partial charge in [-0.15, -0.1) is 0 Å². The lowest BCUT2D eigenvalue weighted by molar-refractivity contribution is 0.0159. The fourth-order valence-electron chi connectivity index (χ4n) is 3.11. The van der Waals surface area contributed by atoms with E-state index in [0.717, 1.165) is 11.1 Å². The Morgan fingerprint density at radius 2 is 2.04 bits per heavy atom. The molecule has 1 aromatic carbocycles. The minimum Gasteiger partial charge on any atom is -0.444 e. The summed E-state index contributed by atoms with van der Waals surface area (Å²) >= 11 is 0. The third-order valence-corrected chi connectivity index (χ3v) is 4.22. The van der Waals surface area contributed by atoms with Crippen LogP contribution in [-0.2, 0) is 11.2 Å². The van der Waals surface area contributed by atoms with E-state index in [4.69, 9.17) is 4.74 Å². The topological polar surface area (TPSA) is 29.5 Å². The molecule has 1 aliphatic rings. The van der Waals surface area contributed by atoms with Crippen molar-refractivity contribution in [3.05, 3.63) is 41.0 Å². The highest BCUT2D eigenvalue weighted by Crippen LogP contribution is 2.36. The van der Waals surface area contributed by atoms with Gasteiger partial charge in [0.05, 0.1) is 6.04 Å². The van der Waals surface area contributed by atoms with Gasteiger partial charge in [-0.05, 0) is 57.7 Å². The maximum atomic E-state index is 13.3. The molecule has 5 heteroatoms. The highest BCUT2D eigenvalue weighted by Gasteiger charge is 2.32. The van der Waals surface area contributed by atoms with Crippen LogP contribution in [0.25, 0.3) is 5.57 Å². The Morgan fingerprint density at radius 1 is 1.38 bits per heavy atom. The molecule has 24 heavy (non-hydrogen) atoms. The Balaban J connectivity index is 2.35. The molecule has 0 aliphatic carbocycles. The fourth-order valence-corrected chi connectivity index (χ4v) is 3.11.